The fraction of sp³-hybridized carbons (Fsp3) is 0.393. The Morgan fingerprint density at radius 2 is 1.82 bits per heavy atom. The van der Waals surface area contributed by atoms with Crippen molar-refractivity contribution >= 4 is 5.91 Å². The molecule has 1 aliphatic rings. The third kappa shape index (κ3) is 5.68. The van der Waals surface area contributed by atoms with Gasteiger partial charge in [0.05, 0.1) is 13.7 Å². The number of likely N-dealkylation sites (tertiary alicyclic amines) is 1. The van der Waals surface area contributed by atoms with Crippen LogP contribution in [0.1, 0.15) is 41.1 Å². The zero-order valence-corrected chi connectivity index (χ0v) is 20.4. The van der Waals surface area contributed by atoms with Gasteiger partial charge in [-0.15, -0.1) is 0 Å². The van der Waals surface area contributed by atoms with Gasteiger partial charge in [0, 0.05) is 39.0 Å². The number of amides is 1. The van der Waals surface area contributed by atoms with Crippen molar-refractivity contribution in [3.8, 4) is 5.75 Å². The Kier molecular flexibility index (Phi) is 7.37. The van der Waals surface area contributed by atoms with Gasteiger partial charge in [-0.1, -0.05) is 24.3 Å². The summed E-state index contributed by atoms with van der Waals surface area (Å²) in [6.07, 6.45) is 0. The monoisotopic (exact) mass is 464 g/mol. The number of hydrogen-bond acceptors (Lipinski definition) is 4. The summed E-state index contributed by atoms with van der Waals surface area (Å²) in [5.74, 6) is 3.05. The highest BCUT2D eigenvalue weighted by Crippen LogP contribution is 2.35. The van der Waals surface area contributed by atoms with Gasteiger partial charge >= 0.3 is 0 Å². The van der Waals surface area contributed by atoms with Crippen molar-refractivity contribution in [1.29, 1.82) is 0 Å². The number of halogens is 1. The van der Waals surface area contributed by atoms with Crippen molar-refractivity contribution in [2.45, 2.75) is 39.8 Å². The number of ether oxygens (including phenoxy) is 1. The summed E-state index contributed by atoms with van der Waals surface area (Å²) in [4.78, 5) is 16.8. The molecular weight excluding hydrogens is 431 g/mol. The maximum atomic E-state index is 13.3. The van der Waals surface area contributed by atoms with E-state index in [0.29, 0.717) is 13.1 Å². The molecule has 2 heterocycles. The summed E-state index contributed by atoms with van der Waals surface area (Å²) in [5.41, 5.74) is 3.33. The van der Waals surface area contributed by atoms with Gasteiger partial charge in [0.1, 0.15) is 23.1 Å². The second kappa shape index (κ2) is 10.4. The molecule has 1 saturated heterocycles. The molecule has 1 amide bonds. The highest BCUT2D eigenvalue weighted by molar-refractivity contribution is 5.73. The van der Waals surface area contributed by atoms with Gasteiger partial charge in [-0.25, -0.2) is 4.39 Å². The van der Waals surface area contributed by atoms with E-state index in [2.05, 4.69) is 30.0 Å². The van der Waals surface area contributed by atoms with Crippen LogP contribution in [-0.2, 0) is 17.9 Å². The van der Waals surface area contributed by atoms with Crippen LogP contribution in [0, 0.1) is 25.6 Å². The first-order valence-electron chi connectivity index (χ1n) is 11.7. The van der Waals surface area contributed by atoms with Crippen molar-refractivity contribution in [3.05, 3.63) is 88.6 Å². The molecule has 1 aromatic heterocycles. The smallest absolute Gasteiger partial charge is 0.219 e. The van der Waals surface area contributed by atoms with Crippen LogP contribution in [0.25, 0.3) is 0 Å². The van der Waals surface area contributed by atoms with E-state index >= 15 is 0 Å². The van der Waals surface area contributed by atoms with Gasteiger partial charge < -0.3 is 14.1 Å². The van der Waals surface area contributed by atoms with Crippen LogP contribution >= 0.6 is 0 Å². The Hall–Kier alpha value is -3.12. The first kappa shape index (κ1) is 24.0. The maximum absolute atomic E-state index is 13.3. The molecule has 2 aromatic carbocycles. The van der Waals surface area contributed by atoms with Gasteiger partial charge in [-0.05, 0) is 66.8 Å². The van der Waals surface area contributed by atoms with Crippen LogP contribution in [0.2, 0.25) is 0 Å². The van der Waals surface area contributed by atoms with E-state index in [1.165, 1.54) is 23.3 Å². The molecule has 34 heavy (non-hydrogen) atoms. The van der Waals surface area contributed by atoms with Gasteiger partial charge in [-0.2, -0.15) is 0 Å². The minimum Gasteiger partial charge on any atom is -0.497 e. The Morgan fingerprint density at radius 3 is 2.41 bits per heavy atom. The van der Waals surface area contributed by atoms with Crippen molar-refractivity contribution < 1.29 is 18.3 Å². The number of carbonyl (C=O) groups excluding carboxylic acids is 1. The molecule has 0 radical (unpaired) electrons. The summed E-state index contributed by atoms with van der Waals surface area (Å²) in [7, 11) is 1.67. The fourth-order valence-electron chi connectivity index (χ4n) is 4.85. The number of furan rings is 1. The number of benzene rings is 2. The molecule has 180 valence electrons. The highest BCUT2D eigenvalue weighted by atomic mass is 19.1. The molecule has 5 nitrogen and oxygen atoms in total. The average Bonchev–Trinajstić information content (AvgIpc) is 3.36. The van der Waals surface area contributed by atoms with E-state index in [9.17, 15) is 9.18 Å². The molecule has 0 bridgehead atoms. The Bertz CT molecular complexity index is 1090. The summed E-state index contributed by atoms with van der Waals surface area (Å²) in [6, 6.07) is 16.7. The van der Waals surface area contributed by atoms with Crippen LogP contribution in [0.5, 0.6) is 5.75 Å². The molecule has 0 aliphatic carbocycles. The van der Waals surface area contributed by atoms with Gasteiger partial charge in [0.2, 0.25) is 5.91 Å². The zero-order chi connectivity index (χ0) is 24.2. The van der Waals surface area contributed by atoms with Crippen LogP contribution in [0.4, 0.5) is 4.39 Å². The Labute approximate surface area is 201 Å². The third-order valence-corrected chi connectivity index (χ3v) is 6.84. The van der Waals surface area contributed by atoms with Crippen molar-refractivity contribution in [2.75, 3.05) is 26.7 Å². The minimum atomic E-state index is -0.271. The van der Waals surface area contributed by atoms with E-state index in [1.807, 2.05) is 24.0 Å². The molecule has 0 N–H and O–H groups in total. The molecule has 6 heteroatoms. The summed E-state index contributed by atoms with van der Waals surface area (Å²) in [5, 5.41) is 0. The number of carbonyl (C=O) groups is 1. The largest absolute Gasteiger partial charge is 0.497 e. The lowest BCUT2D eigenvalue weighted by Gasteiger charge is -2.28. The van der Waals surface area contributed by atoms with Crippen molar-refractivity contribution in [2.24, 2.45) is 5.92 Å². The minimum absolute atomic E-state index is 0.0218. The molecule has 0 unspecified atom stereocenters. The maximum Gasteiger partial charge on any atom is 0.219 e. The number of aryl methyl sites for hydroxylation is 2. The van der Waals surface area contributed by atoms with Crippen LogP contribution < -0.4 is 4.74 Å². The van der Waals surface area contributed by atoms with E-state index < -0.39 is 0 Å². The summed E-state index contributed by atoms with van der Waals surface area (Å²) in [6.45, 7) is 9.26. The number of rotatable bonds is 8. The number of nitrogens with zero attached hydrogens (tertiary/aromatic N) is 2. The standard InChI is InChI=1S/C28H33FN2O3/c1-19-13-27(34-20(19)2)17-30-15-24(28(18-30)23-7-11-26(33-4)12-8-23)16-31(21(3)32)14-22-5-9-25(29)10-6-22/h5-13,24,28H,14-18H2,1-4H3/t24-,28+/m1/s1. The normalized spacial score (nSPS) is 18.3. The Balaban J connectivity index is 1.54. The van der Waals surface area contributed by atoms with Crippen molar-refractivity contribution in [1.82, 2.24) is 9.80 Å². The predicted molar refractivity (Wildman–Crippen MR) is 130 cm³/mol. The first-order valence-corrected chi connectivity index (χ1v) is 11.7. The molecule has 1 fully saturated rings. The lowest BCUT2D eigenvalue weighted by atomic mass is 9.88. The number of methoxy groups -OCH3 is 1. The molecule has 0 spiro atoms. The predicted octanol–water partition coefficient (Wildman–Crippen LogP) is 5.31. The molecule has 4 rings (SSSR count). The molecule has 2 atom stereocenters. The average molecular weight is 465 g/mol. The SMILES string of the molecule is COc1ccc([C@@H]2CN(Cc3cc(C)c(C)o3)C[C@@H]2CN(Cc2ccc(F)cc2)C(C)=O)cc1. The van der Waals surface area contributed by atoms with Gasteiger partial charge in [0.25, 0.3) is 0 Å². The molecular formula is C28H33FN2O3. The lowest BCUT2D eigenvalue weighted by molar-refractivity contribution is -0.130. The third-order valence-electron chi connectivity index (χ3n) is 6.84. The van der Waals surface area contributed by atoms with Crippen LogP contribution in [0.15, 0.2) is 59.0 Å². The molecule has 1 aliphatic heterocycles. The van der Waals surface area contributed by atoms with Crippen LogP contribution in [-0.4, -0.2) is 42.5 Å². The van der Waals surface area contributed by atoms with E-state index in [0.717, 1.165) is 42.5 Å². The first-order chi connectivity index (χ1) is 16.3. The van der Waals surface area contributed by atoms with E-state index in [1.54, 1.807) is 26.2 Å². The summed E-state index contributed by atoms with van der Waals surface area (Å²) >= 11 is 0. The summed E-state index contributed by atoms with van der Waals surface area (Å²) < 4.78 is 24.6. The topological polar surface area (TPSA) is 45.9 Å². The van der Waals surface area contributed by atoms with E-state index in [-0.39, 0.29) is 23.6 Å². The second-order valence-electron chi connectivity index (χ2n) is 9.31. The fourth-order valence-corrected chi connectivity index (χ4v) is 4.85. The van der Waals surface area contributed by atoms with Gasteiger partial charge in [-0.3, -0.25) is 9.69 Å². The van der Waals surface area contributed by atoms with Gasteiger partial charge in [0.15, 0.2) is 0 Å². The molecule has 3 aromatic rings. The quantitative estimate of drug-likeness (QED) is 0.453. The highest BCUT2D eigenvalue weighted by Gasteiger charge is 2.35. The number of hydrogen-bond donors (Lipinski definition) is 0. The lowest BCUT2D eigenvalue weighted by Crippen LogP contribution is -2.35. The Morgan fingerprint density at radius 1 is 1.12 bits per heavy atom. The van der Waals surface area contributed by atoms with Crippen molar-refractivity contribution in [3.63, 3.8) is 0 Å². The van der Waals surface area contributed by atoms with Crippen LogP contribution in [0.3, 0.4) is 0 Å². The molecule has 0 saturated carbocycles. The van der Waals surface area contributed by atoms with E-state index in [4.69, 9.17) is 9.15 Å². The zero-order valence-electron chi connectivity index (χ0n) is 20.4. The second-order valence-corrected chi connectivity index (χ2v) is 9.31.